The molecule has 0 radical (unpaired) electrons. The van der Waals surface area contributed by atoms with Crippen molar-refractivity contribution in [1.82, 2.24) is 4.98 Å². The quantitative estimate of drug-likeness (QED) is 0.558. The number of aryl methyl sites for hydroxylation is 1. The molecule has 0 amide bonds. The van der Waals surface area contributed by atoms with Gasteiger partial charge >= 0.3 is 0 Å². The standard InChI is InChI=1S/C24H26ClNO2S/c1-5-17-13-22(19-8-7-16(3)26-15-19)24(21(6-2)23(25)14-17)18-9-11-20(12-10-18)29(4,27)28/h7-12,14-15H,5-6,13H2,1-4H3. The Morgan fingerprint density at radius 3 is 2.17 bits per heavy atom. The van der Waals surface area contributed by atoms with E-state index < -0.39 is 9.84 Å². The lowest BCUT2D eigenvalue weighted by atomic mass is 9.87. The summed E-state index contributed by atoms with van der Waals surface area (Å²) in [5.41, 5.74) is 7.57. The lowest BCUT2D eigenvalue weighted by Gasteiger charge is -2.18. The van der Waals surface area contributed by atoms with Crippen LogP contribution in [0.25, 0.3) is 11.1 Å². The van der Waals surface area contributed by atoms with Gasteiger partial charge in [0.05, 0.1) is 4.90 Å². The summed E-state index contributed by atoms with van der Waals surface area (Å²) in [4.78, 5) is 4.81. The third-order valence-corrected chi connectivity index (χ3v) is 6.73. The monoisotopic (exact) mass is 427 g/mol. The van der Waals surface area contributed by atoms with Crippen LogP contribution in [0, 0.1) is 6.92 Å². The summed E-state index contributed by atoms with van der Waals surface area (Å²) in [7, 11) is -3.24. The highest BCUT2D eigenvalue weighted by molar-refractivity contribution is 7.90. The van der Waals surface area contributed by atoms with Gasteiger partial charge in [-0.25, -0.2) is 8.42 Å². The van der Waals surface area contributed by atoms with Crippen molar-refractivity contribution in [2.45, 2.75) is 44.9 Å². The molecule has 1 aromatic heterocycles. The average molecular weight is 428 g/mol. The fourth-order valence-electron chi connectivity index (χ4n) is 3.62. The van der Waals surface area contributed by atoms with Gasteiger partial charge in [0.15, 0.2) is 9.84 Å². The molecular formula is C24H26ClNO2S. The van der Waals surface area contributed by atoms with Gasteiger partial charge in [-0.2, -0.15) is 0 Å². The Kier molecular flexibility index (Phi) is 6.45. The number of hydrogen-bond acceptors (Lipinski definition) is 3. The van der Waals surface area contributed by atoms with Crippen LogP contribution >= 0.6 is 11.6 Å². The minimum Gasteiger partial charge on any atom is -0.261 e. The molecule has 1 aliphatic carbocycles. The van der Waals surface area contributed by atoms with Crippen molar-refractivity contribution in [1.29, 1.82) is 0 Å². The van der Waals surface area contributed by atoms with E-state index in [1.165, 1.54) is 17.4 Å². The third-order valence-electron chi connectivity index (χ3n) is 5.27. The second-order valence-corrected chi connectivity index (χ2v) is 9.77. The number of sulfone groups is 1. The summed E-state index contributed by atoms with van der Waals surface area (Å²) in [6.45, 7) is 6.21. The van der Waals surface area contributed by atoms with Crippen molar-refractivity contribution < 1.29 is 8.42 Å². The van der Waals surface area contributed by atoms with Crippen molar-refractivity contribution in [3.63, 3.8) is 0 Å². The number of pyridine rings is 1. The van der Waals surface area contributed by atoms with Gasteiger partial charge in [-0.05, 0) is 78.3 Å². The van der Waals surface area contributed by atoms with E-state index in [9.17, 15) is 8.42 Å². The Hall–Kier alpha value is -2.17. The van der Waals surface area contributed by atoms with E-state index in [-0.39, 0.29) is 0 Å². The van der Waals surface area contributed by atoms with E-state index in [1.54, 1.807) is 12.1 Å². The van der Waals surface area contributed by atoms with Crippen LogP contribution in [0.1, 0.15) is 49.9 Å². The number of allylic oxidation sites excluding steroid dienone is 6. The van der Waals surface area contributed by atoms with Crippen LogP contribution < -0.4 is 0 Å². The molecule has 0 spiro atoms. The molecule has 0 fully saturated rings. The predicted molar refractivity (Wildman–Crippen MR) is 122 cm³/mol. The smallest absolute Gasteiger partial charge is 0.175 e. The molecule has 3 rings (SSSR count). The molecule has 1 aromatic carbocycles. The SMILES string of the molecule is CCC1=CC(Cl)=C(CC)C(c2ccc(S(C)(=O)=O)cc2)=C(c2ccc(C)nc2)C1. The Balaban J connectivity index is 2.29. The zero-order valence-corrected chi connectivity index (χ0v) is 18.9. The van der Waals surface area contributed by atoms with Crippen LogP contribution in [0.15, 0.2) is 69.7 Å². The molecule has 1 aliphatic rings. The summed E-state index contributed by atoms with van der Waals surface area (Å²) in [5.74, 6) is 0. The van der Waals surface area contributed by atoms with Crippen molar-refractivity contribution in [2.75, 3.05) is 6.26 Å². The Morgan fingerprint density at radius 1 is 1.00 bits per heavy atom. The number of benzene rings is 1. The van der Waals surface area contributed by atoms with Crippen molar-refractivity contribution in [3.8, 4) is 0 Å². The molecule has 3 nitrogen and oxygen atoms in total. The van der Waals surface area contributed by atoms with E-state index in [2.05, 4.69) is 31.0 Å². The highest BCUT2D eigenvalue weighted by Crippen LogP contribution is 2.42. The van der Waals surface area contributed by atoms with Crippen molar-refractivity contribution in [2.24, 2.45) is 0 Å². The summed E-state index contributed by atoms with van der Waals surface area (Å²) in [6.07, 6.45) is 7.69. The number of nitrogens with zero attached hydrogens (tertiary/aromatic N) is 1. The number of hydrogen-bond donors (Lipinski definition) is 0. The van der Waals surface area contributed by atoms with Gasteiger partial charge in [0.1, 0.15) is 0 Å². The second kappa shape index (κ2) is 8.68. The maximum Gasteiger partial charge on any atom is 0.175 e. The van der Waals surface area contributed by atoms with E-state index in [0.717, 1.165) is 52.3 Å². The van der Waals surface area contributed by atoms with E-state index in [4.69, 9.17) is 11.6 Å². The molecule has 0 atom stereocenters. The minimum atomic E-state index is -3.24. The van der Waals surface area contributed by atoms with Crippen LogP contribution in [0.5, 0.6) is 0 Å². The maximum atomic E-state index is 11.9. The molecule has 5 heteroatoms. The van der Waals surface area contributed by atoms with Gasteiger partial charge in [-0.3, -0.25) is 4.98 Å². The number of rotatable bonds is 5. The van der Waals surface area contributed by atoms with Crippen LogP contribution in [0.4, 0.5) is 0 Å². The van der Waals surface area contributed by atoms with E-state index >= 15 is 0 Å². The molecule has 0 unspecified atom stereocenters. The molecule has 2 aromatic rings. The van der Waals surface area contributed by atoms with Gasteiger partial charge in [-0.15, -0.1) is 0 Å². The number of halogens is 1. The molecule has 0 aliphatic heterocycles. The van der Waals surface area contributed by atoms with Crippen LogP contribution in [0.3, 0.4) is 0 Å². The zero-order valence-electron chi connectivity index (χ0n) is 17.3. The topological polar surface area (TPSA) is 47.0 Å². The summed E-state index contributed by atoms with van der Waals surface area (Å²) in [6, 6.07) is 11.2. The number of aromatic nitrogens is 1. The average Bonchev–Trinajstić information content (AvgIpc) is 2.83. The van der Waals surface area contributed by atoms with Gasteiger partial charge in [0, 0.05) is 23.2 Å². The molecule has 1 heterocycles. The predicted octanol–water partition coefficient (Wildman–Crippen LogP) is 6.35. The molecular weight excluding hydrogens is 402 g/mol. The van der Waals surface area contributed by atoms with Gasteiger partial charge < -0.3 is 0 Å². The van der Waals surface area contributed by atoms with Crippen molar-refractivity contribution in [3.05, 3.63) is 81.7 Å². The van der Waals surface area contributed by atoms with E-state index in [0.29, 0.717) is 4.90 Å². The third kappa shape index (κ3) is 4.71. The first-order chi connectivity index (χ1) is 13.7. The summed E-state index contributed by atoms with van der Waals surface area (Å²) >= 11 is 6.74. The minimum absolute atomic E-state index is 0.314. The highest BCUT2D eigenvalue weighted by Gasteiger charge is 2.22. The lowest BCUT2D eigenvalue weighted by molar-refractivity contribution is 0.602. The fraction of sp³-hybridized carbons (Fsp3) is 0.292. The first kappa shape index (κ1) is 21.5. The van der Waals surface area contributed by atoms with Gasteiger partial charge in [0.2, 0.25) is 0 Å². The lowest BCUT2D eigenvalue weighted by Crippen LogP contribution is -2.00. The van der Waals surface area contributed by atoms with Crippen molar-refractivity contribution >= 4 is 32.6 Å². The second-order valence-electron chi connectivity index (χ2n) is 7.35. The highest BCUT2D eigenvalue weighted by atomic mass is 35.5. The van der Waals surface area contributed by atoms with Crippen LogP contribution in [-0.2, 0) is 9.84 Å². The van der Waals surface area contributed by atoms with Gasteiger partial charge in [0.25, 0.3) is 0 Å². The van der Waals surface area contributed by atoms with Gasteiger partial charge in [-0.1, -0.05) is 49.2 Å². The summed E-state index contributed by atoms with van der Waals surface area (Å²) in [5, 5.41) is 0.751. The summed E-state index contributed by atoms with van der Waals surface area (Å²) < 4.78 is 23.8. The Bertz CT molecular complexity index is 1110. The van der Waals surface area contributed by atoms with E-state index in [1.807, 2.05) is 31.3 Å². The molecule has 0 saturated heterocycles. The maximum absolute atomic E-state index is 11.9. The Morgan fingerprint density at radius 2 is 1.66 bits per heavy atom. The molecule has 29 heavy (non-hydrogen) atoms. The Labute approximate surface area is 178 Å². The molecule has 0 saturated carbocycles. The first-order valence-electron chi connectivity index (χ1n) is 9.79. The molecule has 0 bridgehead atoms. The zero-order chi connectivity index (χ0) is 21.2. The molecule has 152 valence electrons. The normalized spacial score (nSPS) is 15.4. The van der Waals surface area contributed by atoms with Crippen LogP contribution in [-0.4, -0.2) is 19.7 Å². The fourth-order valence-corrected chi connectivity index (χ4v) is 4.63. The largest absolute Gasteiger partial charge is 0.261 e. The van der Waals surface area contributed by atoms with Crippen LogP contribution in [0.2, 0.25) is 0 Å². The first-order valence-corrected chi connectivity index (χ1v) is 12.1. The molecule has 0 N–H and O–H groups in total.